The number of aryl methyl sites for hydroxylation is 1. The Bertz CT molecular complexity index is 508. The summed E-state index contributed by atoms with van der Waals surface area (Å²) in [6.45, 7) is 6.68. The first-order chi connectivity index (χ1) is 9.72. The summed E-state index contributed by atoms with van der Waals surface area (Å²) in [5.74, 6) is 2.63. The van der Waals surface area contributed by atoms with E-state index in [2.05, 4.69) is 51.1 Å². The number of rotatable bonds is 7. The maximum atomic E-state index is 6.12. The highest BCUT2D eigenvalue weighted by atomic mass is 16.3. The summed E-state index contributed by atoms with van der Waals surface area (Å²) in [6, 6.07) is 12.6. The molecule has 20 heavy (non-hydrogen) atoms. The summed E-state index contributed by atoms with van der Waals surface area (Å²) in [6.07, 6.45) is 6.35. The number of hydrogen-bond acceptors (Lipinski definition) is 1. The van der Waals surface area contributed by atoms with Crippen LogP contribution in [0.3, 0.4) is 0 Å². The summed E-state index contributed by atoms with van der Waals surface area (Å²) >= 11 is 0. The van der Waals surface area contributed by atoms with Crippen molar-refractivity contribution in [1.29, 1.82) is 0 Å². The van der Waals surface area contributed by atoms with Gasteiger partial charge >= 0.3 is 0 Å². The Labute approximate surface area is 123 Å². The zero-order chi connectivity index (χ0) is 14.4. The molecule has 0 fully saturated rings. The van der Waals surface area contributed by atoms with Crippen LogP contribution in [-0.4, -0.2) is 0 Å². The van der Waals surface area contributed by atoms with E-state index in [1.807, 2.05) is 6.07 Å². The van der Waals surface area contributed by atoms with Crippen molar-refractivity contribution in [3.05, 3.63) is 47.7 Å². The standard InChI is InChI=1S/C19H26O/c1-4-5-6-8-13-17-14-18(20-19(17)15(2)3)16-11-9-7-10-12-16/h7,9-12,14-15H,4-6,8,13H2,1-3H3. The van der Waals surface area contributed by atoms with Gasteiger partial charge in [-0.25, -0.2) is 0 Å². The second-order valence-corrected chi connectivity index (χ2v) is 5.83. The fourth-order valence-electron chi connectivity index (χ4n) is 2.61. The zero-order valence-electron chi connectivity index (χ0n) is 13.0. The molecule has 1 nitrogen and oxygen atoms in total. The fourth-order valence-corrected chi connectivity index (χ4v) is 2.61. The Morgan fingerprint density at radius 2 is 1.75 bits per heavy atom. The minimum atomic E-state index is 0.452. The van der Waals surface area contributed by atoms with Gasteiger partial charge in [-0.15, -0.1) is 0 Å². The lowest BCUT2D eigenvalue weighted by Crippen LogP contribution is -1.92. The van der Waals surface area contributed by atoms with Gasteiger partial charge in [-0.05, 0) is 24.5 Å². The van der Waals surface area contributed by atoms with E-state index in [9.17, 15) is 0 Å². The summed E-state index contributed by atoms with van der Waals surface area (Å²) in [5.41, 5.74) is 2.57. The van der Waals surface area contributed by atoms with E-state index < -0.39 is 0 Å². The van der Waals surface area contributed by atoms with E-state index in [0.29, 0.717) is 5.92 Å². The molecule has 1 aromatic carbocycles. The number of benzene rings is 1. The Morgan fingerprint density at radius 1 is 1.00 bits per heavy atom. The van der Waals surface area contributed by atoms with E-state index in [0.717, 1.165) is 12.2 Å². The summed E-state index contributed by atoms with van der Waals surface area (Å²) < 4.78 is 6.12. The minimum Gasteiger partial charge on any atom is -0.461 e. The molecule has 0 radical (unpaired) electrons. The lowest BCUT2D eigenvalue weighted by molar-refractivity contribution is 0.491. The molecule has 0 spiro atoms. The molecule has 1 heterocycles. The maximum absolute atomic E-state index is 6.12. The molecule has 1 aromatic heterocycles. The molecule has 2 aromatic rings. The third-order valence-corrected chi connectivity index (χ3v) is 3.72. The predicted molar refractivity (Wildman–Crippen MR) is 86.1 cm³/mol. The van der Waals surface area contributed by atoms with Crippen LogP contribution >= 0.6 is 0 Å². The van der Waals surface area contributed by atoms with Crippen molar-refractivity contribution in [3.63, 3.8) is 0 Å². The van der Waals surface area contributed by atoms with Gasteiger partial charge in [0.2, 0.25) is 0 Å². The van der Waals surface area contributed by atoms with Crippen molar-refractivity contribution in [1.82, 2.24) is 0 Å². The molecule has 0 bridgehead atoms. The van der Waals surface area contributed by atoms with E-state index in [1.165, 1.54) is 42.6 Å². The molecule has 0 atom stereocenters. The smallest absolute Gasteiger partial charge is 0.134 e. The monoisotopic (exact) mass is 270 g/mol. The van der Waals surface area contributed by atoms with Crippen LogP contribution < -0.4 is 0 Å². The lowest BCUT2D eigenvalue weighted by Gasteiger charge is -2.05. The summed E-state index contributed by atoms with van der Waals surface area (Å²) in [4.78, 5) is 0. The molecule has 0 unspecified atom stereocenters. The molecule has 0 aliphatic carbocycles. The van der Waals surface area contributed by atoms with Crippen molar-refractivity contribution >= 4 is 0 Å². The van der Waals surface area contributed by atoms with Crippen molar-refractivity contribution in [2.75, 3.05) is 0 Å². The van der Waals surface area contributed by atoms with Crippen LogP contribution in [-0.2, 0) is 6.42 Å². The predicted octanol–water partition coefficient (Wildman–Crippen LogP) is 6.19. The number of furan rings is 1. The highest BCUT2D eigenvalue weighted by molar-refractivity contribution is 5.58. The van der Waals surface area contributed by atoms with Crippen molar-refractivity contribution in [2.45, 2.75) is 58.8 Å². The SMILES string of the molecule is CCCCCCc1cc(-c2ccccc2)oc1C(C)C. The molecule has 108 valence electrons. The van der Waals surface area contributed by atoms with Crippen molar-refractivity contribution in [2.24, 2.45) is 0 Å². The van der Waals surface area contributed by atoms with E-state index >= 15 is 0 Å². The van der Waals surface area contributed by atoms with Crippen LogP contribution in [0.5, 0.6) is 0 Å². The van der Waals surface area contributed by atoms with Crippen LogP contribution in [0.15, 0.2) is 40.8 Å². The lowest BCUT2D eigenvalue weighted by atomic mass is 10.0. The number of hydrogen-bond donors (Lipinski definition) is 0. The quantitative estimate of drug-likeness (QED) is 0.546. The van der Waals surface area contributed by atoms with E-state index in [1.54, 1.807) is 0 Å². The van der Waals surface area contributed by atoms with E-state index in [4.69, 9.17) is 4.42 Å². The molecule has 0 saturated heterocycles. The Balaban J connectivity index is 2.16. The molecule has 0 N–H and O–H groups in total. The van der Waals surface area contributed by atoms with Crippen molar-refractivity contribution in [3.8, 4) is 11.3 Å². The first-order valence-corrected chi connectivity index (χ1v) is 7.90. The van der Waals surface area contributed by atoms with Gasteiger partial charge in [0.25, 0.3) is 0 Å². The van der Waals surface area contributed by atoms with Crippen LogP contribution in [0.1, 0.15) is 63.7 Å². The van der Waals surface area contributed by atoms with Gasteiger partial charge in [-0.1, -0.05) is 70.4 Å². The normalized spacial score (nSPS) is 11.2. The van der Waals surface area contributed by atoms with E-state index in [-0.39, 0.29) is 0 Å². The minimum absolute atomic E-state index is 0.452. The largest absolute Gasteiger partial charge is 0.461 e. The molecular weight excluding hydrogens is 244 g/mol. The van der Waals surface area contributed by atoms with Crippen LogP contribution in [0.2, 0.25) is 0 Å². The molecule has 0 saturated carbocycles. The Kier molecular flexibility index (Phi) is 5.46. The molecule has 0 amide bonds. The molecule has 0 aliphatic rings. The van der Waals surface area contributed by atoms with Gasteiger partial charge in [0.1, 0.15) is 11.5 Å². The fraction of sp³-hybridized carbons (Fsp3) is 0.474. The van der Waals surface area contributed by atoms with Gasteiger partial charge in [-0.2, -0.15) is 0 Å². The van der Waals surface area contributed by atoms with Gasteiger partial charge in [0.05, 0.1) is 0 Å². The Hall–Kier alpha value is -1.50. The van der Waals surface area contributed by atoms with Crippen molar-refractivity contribution < 1.29 is 4.42 Å². The van der Waals surface area contributed by atoms with Crippen LogP contribution in [0.25, 0.3) is 11.3 Å². The van der Waals surface area contributed by atoms with Gasteiger partial charge in [0.15, 0.2) is 0 Å². The third kappa shape index (κ3) is 3.75. The maximum Gasteiger partial charge on any atom is 0.134 e. The first kappa shape index (κ1) is 14.9. The summed E-state index contributed by atoms with van der Waals surface area (Å²) in [7, 11) is 0. The Morgan fingerprint density at radius 3 is 2.40 bits per heavy atom. The molecule has 2 rings (SSSR count). The second kappa shape index (κ2) is 7.33. The number of unbranched alkanes of at least 4 members (excludes halogenated alkanes) is 3. The highest BCUT2D eigenvalue weighted by Gasteiger charge is 2.14. The van der Waals surface area contributed by atoms with Crippen LogP contribution in [0.4, 0.5) is 0 Å². The topological polar surface area (TPSA) is 13.1 Å². The van der Waals surface area contributed by atoms with Gasteiger partial charge in [-0.3, -0.25) is 0 Å². The van der Waals surface area contributed by atoms with Gasteiger partial charge < -0.3 is 4.42 Å². The van der Waals surface area contributed by atoms with Gasteiger partial charge in [0, 0.05) is 11.5 Å². The average Bonchev–Trinajstić information content (AvgIpc) is 2.89. The highest BCUT2D eigenvalue weighted by Crippen LogP contribution is 2.31. The third-order valence-electron chi connectivity index (χ3n) is 3.72. The summed E-state index contributed by atoms with van der Waals surface area (Å²) in [5, 5.41) is 0. The molecule has 1 heteroatoms. The van der Waals surface area contributed by atoms with Crippen LogP contribution in [0, 0.1) is 0 Å². The first-order valence-electron chi connectivity index (χ1n) is 7.90. The molecule has 0 aliphatic heterocycles. The zero-order valence-corrected chi connectivity index (χ0v) is 13.0. The molecular formula is C19H26O. The second-order valence-electron chi connectivity index (χ2n) is 5.83. The average molecular weight is 270 g/mol.